The molecule has 0 aliphatic carbocycles. The van der Waals surface area contributed by atoms with Crippen molar-refractivity contribution in [3.8, 4) is 11.5 Å². The van der Waals surface area contributed by atoms with Gasteiger partial charge in [0.2, 0.25) is 0 Å². The fourth-order valence-corrected chi connectivity index (χ4v) is 4.70. The molecule has 30 heavy (non-hydrogen) atoms. The smallest absolute Gasteiger partial charge is 0.150 e. The Morgan fingerprint density at radius 3 is 2.67 bits per heavy atom. The van der Waals surface area contributed by atoms with Crippen molar-refractivity contribution in [1.29, 1.82) is 0 Å². The summed E-state index contributed by atoms with van der Waals surface area (Å²) in [5.41, 5.74) is 4.62. The van der Waals surface area contributed by atoms with Crippen LogP contribution >= 0.6 is 0 Å². The molecule has 2 heterocycles. The van der Waals surface area contributed by atoms with E-state index in [-0.39, 0.29) is 0 Å². The molecule has 1 saturated heterocycles. The van der Waals surface area contributed by atoms with Crippen LogP contribution in [0, 0.1) is 0 Å². The van der Waals surface area contributed by atoms with E-state index in [1.807, 2.05) is 42.5 Å². The fourth-order valence-electron chi connectivity index (χ4n) is 4.70. The average Bonchev–Trinajstić information content (AvgIpc) is 2.80. The number of fused-ring (bicyclic) bond motifs is 3. The van der Waals surface area contributed by atoms with Gasteiger partial charge in [-0.25, -0.2) is 0 Å². The summed E-state index contributed by atoms with van der Waals surface area (Å²) >= 11 is 0. The highest BCUT2D eigenvalue weighted by molar-refractivity contribution is 5.77. The molecular formula is C26H26N2O2. The van der Waals surface area contributed by atoms with Gasteiger partial charge >= 0.3 is 0 Å². The largest absolute Gasteiger partial charge is 0.457 e. The summed E-state index contributed by atoms with van der Waals surface area (Å²) in [6.45, 7) is 3.98. The lowest BCUT2D eigenvalue weighted by molar-refractivity contribution is 0.112. The van der Waals surface area contributed by atoms with Gasteiger partial charge in [-0.05, 0) is 54.8 Å². The highest BCUT2D eigenvalue weighted by Gasteiger charge is 2.31. The van der Waals surface area contributed by atoms with Crippen LogP contribution in [0.5, 0.6) is 11.5 Å². The van der Waals surface area contributed by atoms with Gasteiger partial charge in [0.1, 0.15) is 17.8 Å². The number of benzene rings is 3. The van der Waals surface area contributed by atoms with E-state index in [1.165, 1.54) is 16.8 Å². The summed E-state index contributed by atoms with van der Waals surface area (Å²) in [4.78, 5) is 16.2. The van der Waals surface area contributed by atoms with Gasteiger partial charge in [0.15, 0.2) is 0 Å². The summed E-state index contributed by atoms with van der Waals surface area (Å²) in [5, 5.41) is 0. The molecule has 3 aromatic rings. The molecule has 1 unspecified atom stereocenters. The van der Waals surface area contributed by atoms with Crippen LogP contribution in [0.4, 0.5) is 5.69 Å². The maximum Gasteiger partial charge on any atom is 0.150 e. The summed E-state index contributed by atoms with van der Waals surface area (Å²) in [5.74, 6) is 1.80. The van der Waals surface area contributed by atoms with E-state index >= 15 is 0 Å². The number of hydrogen-bond donors (Lipinski definition) is 0. The van der Waals surface area contributed by atoms with E-state index in [0.29, 0.717) is 6.04 Å². The Morgan fingerprint density at radius 2 is 1.80 bits per heavy atom. The SMILES string of the molecule is O=Cc1ccc2c(c1)CCC1CN(Cc3ccccc3Oc3ccccc3)CCN21. The second kappa shape index (κ2) is 8.33. The number of aryl methyl sites for hydroxylation is 1. The molecule has 0 saturated carbocycles. The summed E-state index contributed by atoms with van der Waals surface area (Å²) < 4.78 is 6.16. The molecule has 152 valence electrons. The van der Waals surface area contributed by atoms with Crippen LogP contribution in [-0.2, 0) is 13.0 Å². The second-order valence-electron chi connectivity index (χ2n) is 8.15. The zero-order chi connectivity index (χ0) is 20.3. The first-order valence-corrected chi connectivity index (χ1v) is 10.7. The molecule has 1 atom stereocenters. The van der Waals surface area contributed by atoms with Gasteiger partial charge in [-0.1, -0.05) is 36.4 Å². The third-order valence-corrected chi connectivity index (χ3v) is 6.20. The van der Waals surface area contributed by atoms with Crippen molar-refractivity contribution in [2.75, 3.05) is 24.5 Å². The minimum atomic E-state index is 0.524. The fraction of sp³-hybridized carbons (Fsp3) is 0.269. The Labute approximate surface area is 177 Å². The molecule has 2 aliphatic rings. The van der Waals surface area contributed by atoms with E-state index in [0.717, 1.165) is 62.4 Å². The van der Waals surface area contributed by atoms with E-state index in [1.54, 1.807) is 0 Å². The molecule has 0 spiro atoms. The van der Waals surface area contributed by atoms with Crippen LogP contribution in [0.1, 0.15) is 27.9 Å². The third-order valence-electron chi connectivity index (χ3n) is 6.20. The highest BCUT2D eigenvalue weighted by atomic mass is 16.5. The molecule has 0 bridgehead atoms. The number of anilines is 1. The standard InChI is InChI=1S/C26H26N2O2/c29-19-20-10-13-25-21(16-20)11-12-23-18-27(14-15-28(23)25)17-22-6-4-5-9-26(22)30-24-7-2-1-3-8-24/h1-10,13,16,19,23H,11-12,14-15,17-18H2. The van der Waals surface area contributed by atoms with Crippen molar-refractivity contribution in [1.82, 2.24) is 4.90 Å². The van der Waals surface area contributed by atoms with E-state index < -0.39 is 0 Å². The van der Waals surface area contributed by atoms with Crippen LogP contribution in [0.15, 0.2) is 72.8 Å². The van der Waals surface area contributed by atoms with Gasteiger partial charge < -0.3 is 9.64 Å². The molecule has 5 rings (SSSR count). The molecule has 3 aromatic carbocycles. The number of hydrogen-bond acceptors (Lipinski definition) is 4. The van der Waals surface area contributed by atoms with Gasteiger partial charge in [-0.15, -0.1) is 0 Å². The van der Waals surface area contributed by atoms with Crippen molar-refractivity contribution in [2.24, 2.45) is 0 Å². The number of carbonyl (C=O) groups is 1. The van der Waals surface area contributed by atoms with Crippen molar-refractivity contribution in [3.05, 3.63) is 89.5 Å². The molecule has 0 N–H and O–H groups in total. The Kier molecular flexibility index (Phi) is 5.24. The lowest BCUT2D eigenvalue weighted by atomic mass is 9.92. The first-order chi connectivity index (χ1) is 14.8. The number of aldehydes is 1. The highest BCUT2D eigenvalue weighted by Crippen LogP contribution is 2.34. The van der Waals surface area contributed by atoms with Crippen molar-refractivity contribution in [3.63, 3.8) is 0 Å². The summed E-state index contributed by atoms with van der Waals surface area (Å²) in [6, 6.07) is 25.0. The van der Waals surface area contributed by atoms with Crippen molar-refractivity contribution < 1.29 is 9.53 Å². The zero-order valence-electron chi connectivity index (χ0n) is 17.0. The number of ether oxygens (including phenoxy) is 1. The van der Waals surface area contributed by atoms with E-state index in [9.17, 15) is 4.79 Å². The zero-order valence-corrected chi connectivity index (χ0v) is 17.0. The average molecular weight is 399 g/mol. The predicted molar refractivity (Wildman–Crippen MR) is 120 cm³/mol. The Morgan fingerprint density at radius 1 is 0.967 bits per heavy atom. The molecule has 0 aromatic heterocycles. The van der Waals surface area contributed by atoms with E-state index in [2.05, 4.69) is 40.1 Å². The molecule has 1 fully saturated rings. The predicted octanol–water partition coefficient (Wildman–Crippen LogP) is 4.93. The number of piperazine rings is 1. The summed E-state index contributed by atoms with van der Waals surface area (Å²) in [6.07, 6.45) is 3.12. The maximum atomic E-state index is 11.1. The third kappa shape index (κ3) is 3.83. The van der Waals surface area contributed by atoms with Gasteiger partial charge in [0, 0.05) is 49.0 Å². The maximum absolute atomic E-state index is 11.1. The molecule has 2 aliphatic heterocycles. The minimum absolute atomic E-state index is 0.524. The minimum Gasteiger partial charge on any atom is -0.457 e. The molecule has 4 nitrogen and oxygen atoms in total. The normalized spacial score (nSPS) is 18.4. The summed E-state index contributed by atoms with van der Waals surface area (Å²) in [7, 11) is 0. The lowest BCUT2D eigenvalue weighted by Crippen LogP contribution is -2.54. The van der Waals surface area contributed by atoms with Crippen LogP contribution in [0.25, 0.3) is 0 Å². The first kappa shape index (κ1) is 18.9. The molecule has 4 heteroatoms. The lowest BCUT2D eigenvalue weighted by Gasteiger charge is -2.46. The molecular weight excluding hydrogens is 372 g/mol. The second-order valence-corrected chi connectivity index (χ2v) is 8.15. The quantitative estimate of drug-likeness (QED) is 0.571. The molecule has 0 radical (unpaired) electrons. The number of nitrogens with zero attached hydrogens (tertiary/aromatic N) is 2. The Bertz CT molecular complexity index is 1030. The molecule has 0 amide bonds. The van der Waals surface area contributed by atoms with Gasteiger partial charge in [0.05, 0.1) is 0 Å². The van der Waals surface area contributed by atoms with Crippen LogP contribution < -0.4 is 9.64 Å². The Balaban J connectivity index is 1.29. The first-order valence-electron chi connectivity index (χ1n) is 10.7. The van der Waals surface area contributed by atoms with E-state index in [4.69, 9.17) is 4.74 Å². The van der Waals surface area contributed by atoms with Crippen molar-refractivity contribution >= 4 is 12.0 Å². The van der Waals surface area contributed by atoms with Crippen LogP contribution in [0.2, 0.25) is 0 Å². The van der Waals surface area contributed by atoms with Crippen LogP contribution in [0.3, 0.4) is 0 Å². The number of carbonyl (C=O) groups excluding carboxylic acids is 1. The monoisotopic (exact) mass is 398 g/mol. The Hall–Kier alpha value is -3.11. The van der Waals surface area contributed by atoms with Gasteiger partial charge in [0.25, 0.3) is 0 Å². The van der Waals surface area contributed by atoms with Crippen molar-refractivity contribution in [2.45, 2.75) is 25.4 Å². The number of rotatable bonds is 5. The van der Waals surface area contributed by atoms with Crippen LogP contribution in [-0.4, -0.2) is 36.9 Å². The van der Waals surface area contributed by atoms with Gasteiger partial charge in [-0.2, -0.15) is 0 Å². The number of para-hydroxylation sites is 2. The van der Waals surface area contributed by atoms with Gasteiger partial charge in [-0.3, -0.25) is 9.69 Å². The topological polar surface area (TPSA) is 32.8 Å².